The van der Waals surface area contributed by atoms with Crippen molar-refractivity contribution in [3.8, 4) is 11.1 Å². The molecule has 2 aromatic heterocycles. The smallest absolute Gasteiger partial charge is 0.255 e. The molecular formula is C21H21N3O. The van der Waals surface area contributed by atoms with Gasteiger partial charge in [0.15, 0.2) is 0 Å². The van der Waals surface area contributed by atoms with Crippen molar-refractivity contribution in [3.63, 3.8) is 0 Å². The van der Waals surface area contributed by atoms with Gasteiger partial charge in [-0.15, -0.1) is 0 Å². The molecule has 126 valence electrons. The van der Waals surface area contributed by atoms with Gasteiger partial charge in [0.2, 0.25) is 0 Å². The molecule has 2 aliphatic rings. The number of H-pyrrole nitrogens is 1. The quantitative estimate of drug-likeness (QED) is 0.778. The van der Waals surface area contributed by atoms with Crippen molar-refractivity contribution >= 4 is 16.9 Å². The maximum absolute atomic E-state index is 12.9. The lowest BCUT2D eigenvalue weighted by molar-refractivity contribution is 0.0697. The monoisotopic (exact) mass is 331 g/mol. The third-order valence-electron chi connectivity index (χ3n) is 5.76. The van der Waals surface area contributed by atoms with Gasteiger partial charge in [0.1, 0.15) is 5.65 Å². The molecule has 1 fully saturated rings. The summed E-state index contributed by atoms with van der Waals surface area (Å²) in [5.41, 5.74) is 6.27. The highest BCUT2D eigenvalue weighted by molar-refractivity contribution is 6.00. The zero-order valence-corrected chi connectivity index (χ0v) is 14.5. The summed E-state index contributed by atoms with van der Waals surface area (Å²) in [4.78, 5) is 22.6. The SMILES string of the molecule is Cc1cc(-c2cnc3[nH]ccc3c2)cc2c1C(=O)N([C@@H](C)C1CC1)C2. The number of carbonyl (C=O) groups is 1. The second-order valence-corrected chi connectivity index (χ2v) is 7.48. The largest absolute Gasteiger partial charge is 0.346 e. The van der Waals surface area contributed by atoms with Gasteiger partial charge in [-0.05, 0) is 67.5 Å². The zero-order valence-electron chi connectivity index (χ0n) is 14.5. The van der Waals surface area contributed by atoms with E-state index in [1.165, 1.54) is 12.8 Å². The molecule has 0 spiro atoms. The first-order valence-corrected chi connectivity index (χ1v) is 9.00. The average Bonchev–Trinajstić information content (AvgIpc) is 3.25. The van der Waals surface area contributed by atoms with Gasteiger partial charge < -0.3 is 9.88 Å². The summed E-state index contributed by atoms with van der Waals surface area (Å²) in [6, 6.07) is 8.84. The van der Waals surface area contributed by atoms with Crippen LogP contribution in [0.25, 0.3) is 22.2 Å². The number of aromatic amines is 1. The van der Waals surface area contributed by atoms with Crippen LogP contribution in [0, 0.1) is 12.8 Å². The highest BCUT2D eigenvalue weighted by Crippen LogP contribution is 2.39. The molecule has 3 aromatic rings. The topological polar surface area (TPSA) is 49.0 Å². The third kappa shape index (κ3) is 2.28. The number of aromatic nitrogens is 2. The van der Waals surface area contributed by atoms with Crippen LogP contribution in [0.1, 0.15) is 41.3 Å². The molecule has 0 bridgehead atoms. The number of aryl methyl sites for hydroxylation is 1. The second kappa shape index (κ2) is 5.19. The molecule has 1 atom stereocenters. The Morgan fingerprint density at radius 3 is 2.88 bits per heavy atom. The number of rotatable bonds is 3. The molecule has 4 nitrogen and oxygen atoms in total. The van der Waals surface area contributed by atoms with Crippen molar-refractivity contribution in [2.45, 2.75) is 39.3 Å². The van der Waals surface area contributed by atoms with Crippen molar-refractivity contribution in [1.29, 1.82) is 0 Å². The minimum absolute atomic E-state index is 0.206. The van der Waals surface area contributed by atoms with Crippen molar-refractivity contribution in [2.75, 3.05) is 0 Å². The van der Waals surface area contributed by atoms with Crippen molar-refractivity contribution < 1.29 is 4.79 Å². The molecule has 5 rings (SSSR count). The Morgan fingerprint density at radius 1 is 1.24 bits per heavy atom. The summed E-state index contributed by atoms with van der Waals surface area (Å²) in [5.74, 6) is 0.899. The fraction of sp³-hybridized carbons (Fsp3) is 0.333. The normalized spacial score (nSPS) is 18.0. The first-order valence-electron chi connectivity index (χ1n) is 9.00. The van der Waals surface area contributed by atoms with Gasteiger partial charge in [-0.2, -0.15) is 0 Å². The van der Waals surface area contributed by atoms with Crippen LogP contribution in [-0.4, -0.2) is 26.8 Å². The van der Waals surface area contributed by atoms with Crippen molar-refractivity contribution in [3.05, 3.63) is 53.3 Å². The molecule has 1 amide bonds. The average molecular weight is 331 g/mol. The Kier molecular flexibility index (Phi) is 3.05. The number of carbonyl (C=O) groups excluding carboxylic acids is 1. The lowest BCUT2D eigenvalue weighted by Gasteiger charge is -2.24. The molecule has 1 aliphatic carbocycles. The lowest BCUT2D eigenvalue weighted by Crippen LogP contribution is -2.34. The molecule has 0 unspecified atom stereocenters. The highest BCUT2D eigenvalue weighted by Gasteiger charge is 2.39. The number of amides is 1. The summed E-state index contributed by atoms with van der Waals surface area (Å²) >= 11 is 0. The van der Waals surface area contributed by atoms with Gasteiger partial charge in [0, 0.05) is 41.5 Å². The number of nitrogens with zero attached hydrogens (tertiary/aromatic N) is 2. The van der Waals surface area contributed by atoms with E-state index in [-0.39, 0.29) is 5.91 Å². The van der Waals surface area contributed by atoms with Gasteiger partial charge in [-0.25, -0.2) is 4.98 Å². The van der Waals surface area contributed by atoms with Crippen molar-refractivity contribution in [2.24, 2.45) is 5.92 Å². The lowest BCUT2D eigenvalue weighted by atomic mass is 9.97. The Hall–Kier alpha value is -2.62. The summed E-state index contributed by atoms with van der Waals surface area (Å²) in [6.45, 7) is 4.98. The van der Waals surface area contributed by atoms with Crippen LogP contribution in [0.15, 0.2) is 36.7 Å². The molecule has 0 radical (unpaired) electrons. The first-order chi connectivity index (χ1) is 12.1. The van der Waals surface area contributed by atoms with Gasteiger partial charge >= 0.3 is 0 Å². The van der Waals surface area contributed by atoms with Gasteiger partial charge in [0.05, 0.1) is 0 Å². The fourth-order valence-electron chi connectivity index (χ4n) is 4.12. The number of hydrogen-bond acceptors (Lipinski definition) is 2. The summed E-state index contributed by atoms with van der Waals surface area (Å²) < 4.78 is 0. The molecule has 3 heterocycles. The Morgan fingerprint density at radius 2 is 2.08 bits per heavy atom. The number of pyridine rings is 1. The Balaban J connectivity index is 1.55. The summed E-state index contributed by atoms with van der Waals surface area (Å²) in [6.07, 6.45) is 6.33. The fourth-order valence-corrected chi connectivity index (χ4v) is 4.12. The van der Waals surface area contributed by atoms with Crippen LogP contribution in [0.3, 0.4) is 0 Å². The molecule has 25 heavy (non-hydrogen) atoms. The van der Waals surface area contributed by atoms with Crippen LogP contribution in [0.4, 0.5) is 0 Å². The number of fused-ring (bicyclic) bond motifs is 2. The zero-order chi connectivity index (χ0) is 17.1. The number of benzene rings is 1. The van der Waals surface area contributed by atoms with Crippen LogP contribution >= 0.6 is 0 Å². The van der Waals surface area contributed by atoms with Crippen LogP contribution in [0.2, 0.25) is 0 Å². The summed E-state index contributed by atoms with van der Waals surface area (Å²) in [5, 5.41) is 1.11. The van der Waals surface area contributed by atoms with E-state index in [1.807, 2.05) is 25.4 Å². The Bertz CT molecular complexity index is 1000. The number of nitrogens with one attached hydrogen (secondary N) is 1. The molecule has 1 aliphatic heterocycles. The Labute approximate surface area is 146 Å². The van der Waals surface area contributed by atoms with E-state index >= 15 is 0 Å². The van der Waals surface area contributed by atoms with Crippen LogP contribution in [-0.2, 0) is 6.54 Å². The van der Waals surface area contributed by atoms with Gasteiger partial charge in [-0.1, -0.05) is 6.07 Å². The molecular weight excluding hydrogens is 310 g/mol. The second-order valence-electron chi connectivity index (χ2n) is 7.48. The van der Waals surface area contributed by atoms with E-state index < -0.39 is 0 Å². The van der Waals surface area contributed by atoms with E-state index in [9.17, 15) is 4.79 Å². The molecule has 1 saturated carbocycles. The van der Waals surface area contributed by atoms with Crippen molar-refractivity contribution in [1.82, 2.24) is 14.9 Å². The van der Waals surface area contributed by atoms with E-state index in [1.54, 1.807) is 0 Å². The first kappa shape index (κ1) is 14.7. The van der Waals surface area contributed by atoms with Crippen LogP contribution < -0.4 is 0 Å². The molecule has 4 heteroatoms. The maximum atomic E-state index is 12.9. The molecule has 1 N–H and O–H groups in total. The maximum Gasteiger partial charge on any atom is 0.255 e. The third-order valence-corrected chi connectivity index (χ3v) is 5.76. The van der Waals surface area contributed by atoms with E-state index in [2.05, 4.69) is 40.0 Å². The van der Waals surface area contributed by atoms with E-state index in [4.69, 9.17) is 0 Å². The minimum atomic E-state index is 0.206. The molecule has 1 aromatic carbocycles. The van der Waals surface area contributed by atoms with E-state index in [0.29, 0.717) is 12.0 Å². The van der Waals surface area contributed by atoms with E-state index in [0.717, 1.165) is 45.4 Å². The standard InChI is InChI=1S/C21H21N3O/c1-12-7-16(17-8-15-5-6-22-20(15)23-10-17)9-18-11-24(21(25)19(12)18)13(2)14-3-4-14/h5-10,13-14H,3-4,11H2,1-2H3,(H,22,23)/t13-/m0/s1. The minimum Gasteiger partial charge on any atom is -0.346 e. The van der Waals surface area contributed by atoms with Gasteiger partial charge in [0.25, 0.3) is 5.91 Å². The number of hydrogen-bond donors (Lipinski definition) is 1. The van der Waals surface area contributed by atoms with Gasteiger partial charge in [-0.3, -0.25) is 4.79 Å². The summed E-state index contributed by atoms with van der Waals surface area (Å²) in [7, 11) is 0. The predicted molar refractivity (Wildman–Crippen MR) is 98.3 cm³/mol. The van der Waals surface area contributed by atoms with Crippen LogP contribution in [0.5, 0.6) is 0 Å². The highest BCUT2D eigenvalue weighted by atomic mass is 16.2. The molecule has 0 saturated heterocycles. The predicted octanol–water partition coefficient (Wildman–Crippen LogP) is 4.29.